The molecule has 0 amide bonds. The van der Waals surface area contributed by atoms with Gasteiger partial charge in [-0.3, -0.25) is 0 Å². The predicted octanol–water partition coefficient (Wildman–Crippen LogP) is 6.79. The highest BCUT2D eigenvalue weighted by atomic mass is 35.5. The van der Waals surface area contributed by atoms with Crippen molar-refractivity contribution >= 4 is 49.1 Å². The molecule has 2 N–H and O–H groups in total. The van der Waals surface area contributed by atoms with Gasteiger partial charge in [0.1, 0.15) is 23.9 Å². The number of carbonyl (C=O) groups excluding carboxylic acids is 1. The second-order valence-electron chi connectivity index (χ2n) is 10.6. The van der Waals surface area contributed by atoms with Gasteiger partial charge < -0.3 is 15.2 Å². The van der Waals surface area contributed by atoms with Crippen LogP contribution in [0.25, 0.3) is 22.2 Å². The summed E-state index contributed by atoms with van der Waals surface area (Å²) in [5.41, 5.74) is 10.2. The Hall–Kier alpha value is -2.89. The zero-order chi connectivity index (χ0) is 28.3. The molecule has 0 spiro atoms. The highest BCUT2D eigenvalue weighted by Gasteiger charge is 2.21. The smallest absolute Gasteiger partial charge is 0.339 e. The van der Waals surface area contributed by atoms with E-state index in [0.717, 1.165) is 12.1 Å². The number of pyridine rings is 1. The van der Waals surface area contributed by atoms with E-state index in [4.69, 9.17) is 31.8 Å². The molecule has 0 bridgehead atoms. The highest BCUT2D eigenvalue weighted by Crippen LogP contribution is 2.33. The van der Waals surface area contributed by atoms with E-state index in [-0.39, 0.29) is 36.1 Å². The van der Waals surface area contributed by atoms with Gasteiger partial charge in [0.05, 0.1) is 41.1 Å². The van der Waals surface area contributed by atoms with E-state index < -0.39 is 31.7 Å². The molecule has 12 heteroatoms. The molecular weight excluding hydrogens is 577 g/mol. The van der Waals surface area contributed by atoms with Gasteiger partial charge in [0.2, 0.25) is 0 Å². The minimum absolute atomic E-state index is 0. The third-order valence-electron chi connectivity index (χ3n) is 6.28. The maximum absolute atomic E-state index is 13.8. The van der Waals surface area contributed by atoms with Gasteiger partial charge in [-0.1, -0.05) is 37.3 Å². The van der Waals surface area contributed by atoms with E-state index in [1.807, 2.05) is 6.07 Å². The average Bonchev–Trinajstić information content (AvgIpc) is 3.26. The summed E-state index contributed by atoms with van der Waals surface area (Å²) in [5, 5.41) is 4.69. The second-order valence-corrected chi connectivity index (χ2v) is 16.6. The van der Waals surface area contributed by atoms with Gasteiger partial charge in [-0.05, 0) is 53.9 Å². The van der Waals surface area contributed by atoms with Gasteiger partial charge in [-0.15, -0.1) is 12.4 Å². The summed E-state index contributed by atoms with van der Waals surface area (Å²) in [6.45, 7) is 7.73. The molecule has 0 radical (unpaired) electrons. The first-order chi connectivity index (χ1) is 18.4. The Kier molecular flexibility index (Phi) is 10.4. The Morgan fingerprint density at radius 3 is 2.48 bits per heavy atom. The molecule has 2 aromatic heterocycles. The van der Waals surface area contributed by atoms with Crippen LogP contribution in [0.2, 0.25) is 30.7 Å². The first-order valence-electron chi connectivity index (χ1n) is 12.5. The summed E-state index contributed by atoms with van der Waals surface area (Å²) in [6.07, 6.45) is 1.76. The Labute approximate surface area is 244 Å². The van der Waals surface area contributed by atoms with E-state index in [1.165, 1.54) is 19.2 Å². The van der Waals surface area contributed by atoms with Crippen molar-refractivity contribution < 1.29 is 23.0 Å². The third kappa shape index (κ3) is 7.64. The molecule has 1 atom stereocenters. The van der Waals surface area contributed by atoms with Gasteiger partial charge in [-0.2, -0.15) is 5.10 Å². The molecule has 2 heterocycles. The van der Waals surface area contributed by atoms with E-state index >= 15 is 0 Å². The number of halogens is 4. The van der Waals surface area contributed by atoms with Crippen LogP contribution in [-0.4, -0.2) is 42.5 Å². The van der Waals surface area contributed by atoms with Crippen LogP contribution < -0.4 is 5.73 Å². The quantitative estimate of drug-likeness (QED) is 0.121. The SMILES string of the molecule is COC(=O)c1cc(-c2cc3c(cnn3COCC[Si](C)(C)C)nc2[C@@H](N)Cc2cc(F)cc(F)c2)ccc1Cl.Cl. The lowest BCUT2D eigenvalue weighted by atomic mass is 9.94. The Bertz CT molecular complexity index is 1490. The predicted molar refractivity (Wildman–Crippen MR) is 158 cm³/mol. The number of nitrogens with two attached hydrogens (primary N) is 1. The van der Waals surface area contributed by atoms with Gasteiger partial charge in [0.15, 0.2) is 0 Å². The summed E-state index contributed by atoms with van der Waals surface area (Å²) in [7, 11) is 0.0323. The van der Waals surface area contributed by atoms with Gasteiger partial charge in [0, 0.05) is 26.3 Å². The van der Waals surface area contributed by atoms with Crippen molar-refractivity contribution in [3.63, 3.8) is 0 Å². The summed E-state index contributed by atoms with van der Waals surface area (Å²) in [5.74, 6) is -1.95. The van der Waals surface area contributed by atoms with Crippen molar-refractivity contribution in [2.75, 3.05) is 13.7 Å². The van der Waals surface area contributed by atoms with Crippen LogP contribution in [0.1, 0.15) is 27.7 Å². The molecule has 214 valence electrons. The average molecular weight is 610 g/mol. The molecule has 40 heavy (non-hydrogen) atoms. The molecule has 2 aromatic carbocycles. The molecule has 0 saturated heterocycles. The Balaban J connectivity index is 0.00000441. The topological polar surface area (TPSA) is 92.3 Å². The van der Waals surface area contributed by atoms with Gasteiger partial charge >= 0.3 is 5.97 Å². The standard InChI is InChI=1S/C28H31ClF2N4O3Si.ClH/c1-37-28(36)22-12-18(5-6-23(22)29)21-14-26-25(15-33-35(26)16-38-7-8-39(2,3)4)34-27(21)24(32)11-17-9-19(30)13-20(31)10-17;/h5-6,9-10,12-15,24H,7-8,11,16,32H2,1-4H3;1H/t24-;/m0./s1. The number of aromatic nitrogens is 3. The van der Waals surface area contributed by atoms with Crippen LogP contribution in [0.15, 0.2) is 48.7 Å². The van der Waals surface area contributed by atoms with E-state index in [2.05, 4.69) is 24.7 Å². The molecule has 0 unspecified atom stereocenters. The van der Waals surface area contributed by atoms with Crippen molar-refractivity contribution in [3.05, 3.63) is 82.1 Å². The minimum Gasteiger partial charge on any atom is -0.465 e. The first kappa shape index (κ1) is 31.6. The van der Waals surface area contributed by atoms with Crippen LogP contribution in [0.4, 0.5) is 8.78 Å². The van der Waals surface area contributed by atoms with Crippen molar-refractivity contribution in [1.82, 2.24) is 14.8 Å². The number of nitrogens with zero attached hydrogens (tertiary/aromatic N) is 3. The normalized spacial score (nSPS) is 12.3. The highest BCUT2D eigenvalue weighted by molar-refractivity contribution is 6.76. The van der Waals surface area contributed by atoms with Crippen LogP contribution in [0, 0.1) is 11.6 Å². The fraction of sp³-hybridized carbons (Fsp3) is 0.321. The van der Waals surface area contributed by atoms with Crippen molar-refractivity contribution in [2.24, 2.45) is 5.73 Å². The lowest BCUT2D eigenvalue weighted by Crippen LogP contribution is -2.22. The molecule has 0 saturated carbocycles. The summed E-state index contributed by atoms with van der Waals surface area (Å²) in [4.78, 5) is 17.1. The summed E-state index contributed by atoms with van der Waals surface area (Å²) < 4.78 is 40.2. The molecule has 4 aromatic rings. The number of carbonyl (C=O) groups is 1. The summed E-state index contributed by atoms with van der Waals surface area (Å²) >= 11 is 6.26. The number of benzene rings is 2. The van der Waals surface area contributed by atoms with Crippen LogP contribution in [0.5, 0.6) is 0 Å². The van der Waals surface area contributed by atoms with Gasteiger partial charge in [0.25, 0.3) is 0 Å². The second kappa shape index (κ2) is 13.2. The molecule has 7 nitrogen and oxygen atoms in total. The number of methoxy groups -OCH3 is 1. The zero-order valence-electron chi connectivity index (χ0n) is 22.7. The van der Waals surface area contributed by atoms with Crippen LogP contribution in [0.3, 0.4) is 0 Å². The largest absolute Gasteiger partial charge is 0.465 e. The molecular formula is C28H32Cl2F2N4O3Si. The number of ether oxygens (including phenoxy) is 2. The maximum Gasteiger partial charge on any atom is 0.339 e. The van der Waals surface area contributed by atoms with E-state index in [0.29, 0.717) is 40.0 Å². The third-order valence-corrected chi connectivity index (χ3v) is 8.31. The lowest BCUT2D eigenvalue weighted by Gasteiger charge is -2.18. The number of fused-ring (bicyclic) bond motifs is 1. The van der Waals surface area contributed by atoms with Crippen LogP contribution in [-0.2, 0) is 22.6 Å². The zero-order valence-corrected chi connectivity index (χ0v) is 25.3. The molecule has 4 rings (SSSR count). The van der Waals surface area contributed by atoms with Crippen LogP contribution >= 0.6 is 24.0 Å². The van der Waals surface area contributed by atoms with E-state index in [1.54, 1.807) is 29.1 Å². The Morgan fingerprint density at radius 2 is 1.82 bits per heavy atom. The van der Waals surface area contributed by atoms with Crippen molar-refractivity contribution in [1.29, 1.82) is 0 Å². The number of hydrogen-bond acceptors (Lipinski definition) is 6. The summed E-state index contributed by atoms with van der Waals surface area (Å²) in [6, 6.07) is 10.4. The number of hydrogen-bond donors (Lipinski definition) is 1. The number of esters is 1. The van der Waals surface area contributed by atoms with Crippen molar-refractivity contribution in [3.8, 4) is 11.1 Å². The lowest BCUT2D eigenvalue weighted by molar-refractivity contribution is 0.0601. The fourth-order valence-electron chi connectivity index (χ4n) is 4.20. The maximum atomic E-state index is 13.8. The monoisotopic (exact) mass is 608 g/mol. The van der Waals surface area contributed by atoms with Gasteiger partial charge in [-0.25, -0.2) is 23.2 Å². The molecule has 0 aliphatic carbocycles. The number of rotatable bonds is 10. The van der Waals surface area contributed by atoms with E-state index in [9.17, 15) is 13.6 Å². The molecule has 0 aliphatic heterocycles. The minimum atomic E-state index is -1.24. The molecule has 0 fully saturated rings. The van der Waals surface area contributed by atoms with Crippen molar-refractivity contribution in [2.45, 2.75) is 44.9 Å². The molecule has 0 aliphatic rings. The Morgan fingerprint density at radius 1 is 1.12 bits per heavy atom. The first-order valence-corrected chi connectivity index (χ1v) is 16.6. The fourth-order valence-corrected chi connectivity index (χ4v) is 5.16.